The van der Waals surface area contributed by atoms with Crippen LogP contribution >= 0.6 is 11.3 Å². The number of carbonyl (C=O) groups excluding carboxylic acids is 1. The van der Waals surface area contributed by atoms with Gasteiger partial charge in [-0.1, -0.05) is 11.3 Å². The lowest BCUT2D eigenvalue weighted by Crippen LogP contribution is -2.41. The summed E-state index contributed by atoms with van der Waals surface area (Å²) in [6.07, 6.45) is 3.18. The first-order valence-corrected chi connectivity index (χ1v) is 7.56. The highest BCUT2D eigenvalue weighted by atomic mass is 32.1. The molecule has 21 heavy (non-hydrogen) atoms. The van der Waals surface area contributed by atoms with Crippen LogP contribution in [0.15, 0.2) is 11.6 Å². The minimum atomic E-state index is -0.417. The van der Waals surface area contributed by atoms with E-state index in [-0.39, 0.29) is 17.8 Å². The van der Waals surface area contributed by atoms with E-state index in [4.69, 9.17) is 0 Å². The summed E-state index contributed by atoms with van der Waals surface area (Å²) >= 11 is 1.36. The lowest BCUT2D eigenvalue weighted by molar-refractivity contribution is -0.389. The van der Waals surface area contributed by atoms with Gasteiger partial charge in [0.05, 0.1) is 0 Å². The molecule has 112 valence electrons. The van der Waals surface area contributed by atoms with Crippen LogP contribution in [0.1, 0.15) is 19.8 Å². The number of piperidine rings is 1. The topological polar surface area (TPSA) is 92.8 Å². The maximum Gasteiger partial charge on any atom is 0.372 e. The van der Waals surface area contributed by atoms with Gasteiger partial charge in [-0.25, -0.2) is 0 Å². The Morgan fingerprint density at radius 2 is 2.24 bits per heavy atom. The molecule has 1 aliphatic heterocycles. The second-order valence-electron chi connectivity index (χ2n) is 5.02. The summed E-state index contributed by atoms with van der Waals surface area (Å²) in [6.45, 7) is 2.90. The van der Waals surface area contributed by atoms with Gasteiger partial charge < -0.3 is 20.3 Å². The quantitative estimate of drug-likeness (QED) is 0.688. The van der Waals surface area contributed by atoms with E-state index in [0.29, 0.717) is 23.9 Å². The molecule has 0 saturated carbocycles. The van der Waals surface area contributed by atoms with E-state index in [2.05, 4.69) is 10.3 Å². The summed E-state index contributed by atoms with van der Waals surface area (Å²) in [7, 11) is 0. The van der Waals surface area contributed by atoms with Gasteiger partial charge in [0.2, 0.25) is 11.7 Å². The molecule has 1 amide bonds. The molecule has 0 aromatic carbocycles. The lowest BCUT2D eigenvalue weighted by Gasteiger charge is -2.31. The predicted molar refractivity (Wildman–Crippen MR) is 78.6 cm³/mol. The Morgan fingerprint density at radius 3 is 2.86 bits per heavy atom. The molecule has 3 heterocycles. The fraction of sp³-hybridized carbons (Fsp3) is 0.500. The number of nitrogens with zero attached hydrogens (tertiary/aromatic N) is 4. The van der Waals surface area contributed by atoms with Crippen LogP contribution in [-0.4, -0.2) is 44.2 Å². The van der Waals surface area contributed by atoms with Crippen molar-refractivity contribution in [2.45, 2.75) is 25.8 Å². The molecule has 0 spiro atoms. The van der Waals surface area contributed by atoms with E-state index < -0.39 is 4.92 Å². The number of rotatable bonds is 3. The summed E-state index contributed by atoms with van der Waals surface area (Å²) in [5.74, 6) is 0.357. The van der Waals surface area contributed by atoms with Crippen molar-refractivity contribution >= 4 is 33.8 Å². The summed E-state index contributed by atoms with van der Waals surface area (Å²) < 4.78 is 1.48. The fourth-order valence-electron chi connectivity index (χ4n) is 2.58. The highest BCUT2D eigenvalue weighted by Gasteiger charge is 2.27. The van der Waals surface area contributed by atoms with Crippen LogP contribution in [0, 0.1) is 10.1 Å². The molecule has 0 aliphatic carbocycles. The average Bonchev–Trinajstić information content (AvgIpc) is 2.98. The number of hydrogen-bond acceptors (Lipinski definition) is 6. The number of nitro groups is 1. The molecule has 1 saturated heterocycles. The van der Waals surface area contributed by atoms with Gasteiger partial charge >= 0.3 is 5.82 Å². The number of carbonyl (C=O) groups is 1. The summed E-state index contributed by atoms with van der Waals surface area (Å²) in [4.78, 5) is 28.8. The average molecular weight is 309 g/mol. The maximum atomic E-state index is 11.3. The summed E-state index contributed by atoms with van der Waals surface area (Å²) in [5, 5.41) is 16.2. The third-order valence-corrected chi connectivity index (χ3v) is 4.45. The van der Waals surface area contributed by atoms with Crippen LogP contribution in [0.4, 0.5) is 11.6 Å². The van der Waals surface area contributed by atoms with E-state index in [1.165, 1.54) is 15.7 Å². The molecule has 1 N–H and O–H groups in total. The van der Waals surface area contributed by atoms with Gasteiger partial charge in [0.15, 0.2) is 0 Å². The minimum Gasteiger partial charge on any atom is -0.360 e. The molecule has 1 fully saturated rings. The van der Waals surface area contributed by atoms with Crippen molar-refractivity contribution < 1.29 is 9.72 Å². The Bertz CT molecular complexity index is 686. The van der Waals surface area contributed by atoms with Crippen molar-refractivity contribution in [2.75, 3.05) is 18.4 Å². The van der Waals surface area contributed by atoms with E-state index in [1.54, 1.807) is 23.4 Å². The van der Waals surface area contributed by atoms with Crippen molar-refractivity contribution in [2.24, 2.45) is 0 Å². The van der Waals surface area contributed by atoms with Crippen molar-refractivity contribution in [3.05, 3.63) is 21.7 Å². The molecular weight excluding hydrogens is 294 g/mol. The fourth-order valence-corrected chi connectivity index (χ4v) is 3.29. The first kappa shape index (κ1) is 13.8. The number of fused-ring (bicyclic) bond motifs is 1. The minimum absolute atomic E-state index is 0.0275. The van der Waals surface area contributed by atoms with Crippen molar-refractivity contribution in [3.63, 3.8) is 0 Å². The van der Waals surface area contributed by atoms with Gasteiger partial charge in [-0.2, -0.15) is 9.38 Å². The van der Waals surface area contributed by atoms with Crippen LogP contribution in [0.5, 0.6) is 0 Å². The third kappa shape index (κ3) is 2.56. The molecule has 9 heteroatoms. The zero-order valence-corrected chi connectivity index (χ0v) is 12.3. The number of imidazole rings is 1. The van der Waals surface area contributed by atoms with Crippen molar-refractivity contribution in [1.82, 2.24) is 14.3 Å². The van der Waals surface area contributed by atoms with E-state index in [1.807, 2.05) is 0 Å². The molecule has 2 aromatic heterocycles. The predicted octanol–water partition coefficient (Wildman–Crippen LogP) is 1.73. The zero-order chi connectivity index (χ0) is 15.0. The van der Waals surface area contributed by atoms with Crippen LogP contribution < -0.4 is 5.32 Å². The number of thiazole rings is 1. The Kier molecular flexibility index (Phi) is 3.50. The normalized spacial score (nSPS) is 16.3. The van der Waals surface area contributed by atoms with Crippen LogP contribution in [-0.2, 0) is 4.79 Å². The van der Waals surface area contributed by atoms with Gasteiger partial charge in [-0.15, -0.1) is 0 Å². The molecule has 0 atom stereocenters. The van der Waals surface area contributed by atoms with Gasteiger partial charge in [-0.05, 0) is 17.8 Å². The lowest BCUT2D eigenvalue weighted by atomic mass is 10.1. The monoisotopic (exact) mass is 309 g/mol. The Labute approximate surface area is 124 Å². The third-order valence-electron chi connectivity index (χ3n) is 3.69. The van der Waals surface area contributed by atoms with Crippen molar-refractivity contribution in [1.29, 1.82) is 0 Å². The van der Waals surface area contributed by atoms with Gasteiger partial charge in [0.1, 0.15) is 6.20 Å². The number of nitrogens with one attached hydrogen (secondary N) is 1. The first-order chi connectivity index (χ1) is 10.1. The Morgan fingerprint density at radius 1 is 1.52 bits per heavy atom. The number of aromatic nitrogens is 2. The second kappa shape index (κ2) is 5.32. The zero-order valence-electron chi connectivity index (χ0n) is 11.5. The number of likely N-dealkylation sites (tertiary alicyclic amines) is 1. The maximum absolute atomic E-state index is 11.3. The smallest absolute Gasteiger partial charge is 0.360 e. The Hall–Kier alpha value is -2.16. The number of hydrogen-bond donors (Lipinski definition) is 1. The van der Waals surface area contributed by atoms with Crippen molar-refractivity contribution in [3.8, 4) is 0 Å². The molecule has 0 radical (unpaired) electrons. The first-order valence-electron chi connectivity index (χ1n) is 6.68. The number of anilines is 1. The van der Waals surface area contributed by atoms with Crippen LogP contribution in [0.25, 0.3) is 4.96 Å². The van der Waals surface area contributed by atoms with Gasteiger partial charge in [0.25, 0.3) is 4.96 Å². The highest BCUT2D eigenvalue weighted by Crippen LogP contribution is 2.29. The standard InChI is InChI=1S/C12H15N5O3S/c1-8(18)15-4-2-9(3-5-15)13-10-11(17(19)20)16-6-7-21-12(16)14-10/h6-7,9,13H,2-5H2,1H3. The molecule has 0 bridgehead atoms. The largest absolute Gasteiger partial charge is 0.372 e. The highest BCUT2D eigenvalue weighted by molar-refractivity contribution is 7.15. The summed E-state index contributed by atoms with van der Waals surface area (Å²) in [5.41, 5.74) is 0. The second-order valence-corrected chi connectivity index (χ2v) is 5.89. The molecule has 1 aliphatic rings. The molecule has 2 aromatic rings. The van der Waals surface area contributed by atoms with Gasteiger partial charge in [-0.3, -0.25) is 4.79 Å². The van der Waals surface area contributed by atoms with E-state index >= 15 is 0 Å². The van der Waals surface area contributed by atoms with E-state index in [0.717, 1.165) is 12.8 Å². The molecule has 3 rings (SSSR count). The van der Waals surface area contributed by atoms with Crippen LogP contribution in [0.3, 0.4) is 0 Å². The van der Waals surface area contributed by atoms with Gasteiger partial charge in [0, 0.05) is 31.4 Å². The Balaban J connectivity index is 1.76. The number of amides is 1. The molecular formula is C12H15N5O3S. The molecule has 8 nitrogen and oxygen atoms in total. The van der Waals surface area contributed by atoms with E-state index in [9.17, 15) is 14.9 Å². The SMILES string of the molecule is CC(=O)N1CCC(Nc2nc3sccn3c2[N+](=O)[O-])CC1. The van der Waals surface area contributed by atoms with Crippen LogP contribution in [0.2, 0.25) is 0 Å². The summed E-state index contributed by atoms with van der Waals surface area (Å²) in [6, 6.07) is 0.101. The molecule has 0 unspecified atom stereocenters.